The average molecular weight is 245 g/mol. The zero-order valence-corrected chi connectivity index (χ0v) is 9.24. The lowest BCUT2D eigenvalue weighted by molar-refractivity contribution is 0.609. The van der Waals surface area contributed by atoms with Gasteiger partial charge in [0.1, 0.15) is 0 Å². The third kappa shape index (κ3) is 3.73. The summed E-state index contributed by atoms with van der Waals surface area (Å²) in [6, 6.07) is 5.88. The molecule has 0 aromatic heterocycles. The van der Waals surface area contributed by atoms with E-state index < -0.39 is 9.05 Å². The van der Waals surface area contributed by atoms with Gasteiger partial charge in [-0.2, -0.15) is 0 Å². The van der Waals surface area contributed by atoms with Crippen LogP contribution in [0.3, 0.4) is 0 Å². The van der Waals surface area contributed by atoms with Gasteiger partial charge < -0.3 is 5.73 Å². The Morgan fingerprint density at radius 2 is 1.87 bits per heavy atom. The Balaban J connectivity index is 2.91. The molecule has 2 N–H and O–H groups in total. The van der Waals surface area contributed by atoms with Gasteiger partial charge in [-0.25, -0.2) is 8.42 Å². The van der Waals surface area contributed by atoms with Crippen molar-refractivity contribution in [3.05, 3.63) is 36.5 Å². The second-order valence-electron chi connectivity index (χ2n) is 2.59. The monoisotopic (exact) mass is 244 g/mol. The highest BCUT2D eigenvalue weighted by molar-refractivity contribution is 8.13. The van der Waals surface area contributed by atoms with Gasteiger partial charge in [-0.1, -0.05) is 0 Å². The second-order valence-corrected chi connectivity index (χ2v) is 5.16. The standard InChI is InChI=1S/C9H9ClN2O2S/c10-15(13,14)9-4-2-8(3-5-9)12-7-1-6-11/h1-7H,11H2/b6-1-,12-7?. The first-order valence-electron chi connectivity index (χ1n) is 3.99. The Labute approximate surface area is 92.5 Å². The van der Waals surface area contributed by atoms with Gasteiger partial charge in [0.2, 0.25) is 0 Å². The molecule has 80 valence electrons. The summed E-state index contributed by atoms with van der Waals surface area (Å²) in [5.41, 5.74) is 5.73. The van der Waals surface area contributed by atoms with Crippen LogP contribution in [0.25, 0.3) is 0 Å². The van der Waals surface area contributed by atoms with Crippen LogP contribution in [-0.2, 0) is 9.05 Å². The predicted octanol–water partition coefficient (Wildman–Crippen LogP) is 1.79. The summed E-state index contributed by atoms with van der Waals surface area (Å²) in [6.07, 6.45) is 4.41. The van der Waals surface area contributed by atoms with Crippen molar-refractivity contribution >= 4 is 31.6 Å². The van der Waals surface area contributed by atoms with Crippen LogP contribution >= 0.6 is 10.7 Å². The van der Waals surface area contributed by atoms with Crippen molar-refractivity contribution in [3.8, 4) is 0 Å². The van der Waals surface area contributed by atoms with E-state index in [-0.39, 0.29) is 4.90 Å². The van der Waals surface area contributed by atoms with Crippen LogP contribution in [0, 0.1) is 0 Å². The average Bonchev–Trinajstić information content (AvgIpc) is 2.18. The van der Waals surface area contributed by atoms with Gasteiger partial charge in [0.25, 0.3) is 9.05 Å². The van der Waals surface area contributed by atoms with Crippen molar-refractivity contribution in [2.24, 2.45) is 10.7 Å². The van der Waals surface area contributed by atoms with Gasteiger partial charge in [-0.15, -0.1) is 0 Å². The molecule has 6 heteroatoms. The van der Waals surface area contributed by atoms with Gasteiger partial charge in [-0.3, -0.25) is 4.99 Å². The molecular weight excluding hydrogens is 236 g/mol. The summed E-state index contributed by atoms with van der Waals surface area (Å²) in [4.78, 5) is 4.04. The lowest BCUT2D eigenvalue weighted by atomic mass is 10.3. The zero-order chi connectivity index (χ0) is 11.3. The Morgan fingerprint density at radius 3 is 2.33 bits per heavy atom. The predicted molar refractivity (Wildman–Crippen MR) is 61.0 cm³/mol. The SMILES string of the molecule is N/C=C\C=Nc1ccc(S(=O)(=O)Cl)cc1. The van der Waals surface area contributed by atoms with Crippen molar-refractivity contribution in [1.29, 1.82) is 0 Å². The lowest BCUT2D eigenvalue weighted by Crippen LogP contribution is -1.88. The summed E-state index contributed by atoms with van der Waals surface area (Å²) in [6.45, 7) is 0. The molecule has 15 heavy (non-hydrogen) atoms. The fourth-order valence-electron chi connectivity index (χ4n) is 0.874. The summed E-state index contributed by atoms with van der Waals surface area (Å²) in [7, 11) is 1.49. The van der Waals surface area contributed by atoms with Crippen LogP contribution in [-0.4, -0.2) is 14.6 Å². The summed E-state index contributed by atoms with van der Waals surface area (Å²) < 4.78 is 21.8. The third-order valence-electron chi connectivity index (χ3n) is 1.54. The number of hydrogen-bond acceptors (Lipinski definition) is 4. The summed E-state index contributed by atoms with van der Waals surface area (Å²) in [5, 5.41) is 0. The molecule has 1 rings (SSSR count). The highest BCUT2D eigenvalue weighted by atomic mass is 35.7. The molecular formula is C9H9ClN2O2S. The Hall–Kier alpha value is -1.33. The smallest absolute Gasteiger partial charge is 0.261 e. The molecule has 0 aliphatic rings. The van der Waals surface area contributed by atoms with Gasteiger partial charge in [0, 0.05) is 16.9 Å². The van der Waals surface area contributed by atoms with Crippen LogP contribution < -0.4 is 5.73 Å². The maximum atomic E-state index is 10.9. The van der Waals surface area contributed by atoms with E-state index in [4.69, 9.17) is 16.4 Å². The van der Waals surface area contributed by atoms with Crippen molar-refractivity contribution in [2.75, 3.05) is 0 Å². The molecule has 0 aliphatic carbocycles. The maximum absolute atomic E-state index is 10.9. The molecule has 0 fully saturated rings. The molecule has 0 heterocycles. The number of nitrogens with zero attached hydrogens (tertiary/aromatic N) is 1. The summed E-state index contributed by atoms with van der Waals surface area (Å²) in [5.74, 6) is 0. The van der Waals surface area contributed by atoms with Gasteiger partial charge >= 0.3 is 0 Å². The first-order chi connectivity index (χ1) is 7.04. The van der Waals surface area contributed by atoms with Gasteiger partial charge in [0.05, 0.1) is 10.6 Å². The van der Waals surface area contributed by atoms with Crippen LogP contribution in [0.2, 0.25) is 0 Å². The normalized spacial score (nSPS) is 12.6. The Bertz CT molecular complexity index is 477. The van der Waals surface area contributed by atoms with E-state index in [1.807, 2.05) is 0 Å². The molecule has 0 amide bonds. The largest absolute Gasteiger partial charge is 0.405 e. The number of halogens is 1. The highest BCUT2D eigenvalue weighted by Crippen LogP contribution is 2.18. The molecule has 0 saturated carbocycles. The van der Waals surface area contributed by atoms with E-state index in [1.165, 1.54) is 24.5 Å². The van der Waals surface area contributed by atoms with Crippen LogP contribution in [0.1, 0.15) is 0 Å². The van der Waals surface area contributed by atoms with Crippen LogP contribution in [0.4, 0.5) is 5.69 Å². The van der Waals surface area contributed by atoms with Crippen LogP contribution in [0.15, 0.2) is 46.4 Å². The number of hydrogen-bond donors (Lipinski definition) is 1. The van der Waals surface area contributed by atoms with E-state index >= 15 is 0 Å². The fourth-order valence-corrected chi connectivity index (χ4v) is 1.64. The molecule has 0 aliphatic heterocycles. The number of aliphatic imine (C=N–C) groups is 1. The molecule has 4 nitrogen and oxygen atoms in total. The molecule has 1 aromatic rings. The first-order valence-corrected chi connectivity index (χ1v) is 6.30. The topological polar surface area (TPSA) is 72.5 Å². The molecule has 0 radical (unpaired) electrons. The minimum Gasteiger partial charge on any atom is -0.405 e. The first kappa shape index (κ1) is 11.7. The number of benzene rings is 1. The molecule has 0 saturated heterocycles. The van der Waals surface area contributed by atoms with E-state index in [0.717, 1.165) is 0 Å². The van der Waals surface area contributed by atoms with E-state index in [9.17, 15) is 8.42 Å². The minimum absolute atomic E-state index is 0.0532. The van der Waals surface area contributed by atoms with Crippen molar-refractivity contribution < 1.29 is 8.42 Å². The van der Waals surface area contributed by atoms with Crippen LogP contribution in [0.5, 0.6) is 0 Å². The molecule has 0 bridgehead atoms. The zero-order valence-electron chi connectivity index (χ0n) is 7.67. The quantitative estimate of drug-likeness (QED) is 0.651. The number of allylic oxidation sites excluding steroid dienone is 1. The molecule has 1 aromatic carbocycles. The molecule has 0 spiro atoms. The highest BCUT2D eigenvalue weighted by Gasteiger charge is 2.08. The second kappa shape index (κ2) is 4.95. The number of nitrogens with two attached hydrogens (primary N) is 1. The minimum atomic E-state index is -3.66. The van der Waals surface area contributed by atoms with Crippen molar-refractivity contribution in [3.63, 3.8) is 0 Å². The van der Waals surface area contributed by atoms with Crippen molar-refractivity contribution in [2.45, 2.75) is 4.90 Å². The maximum Gasteiger partial charge on any atom is 0.261 e. The van der Waals surface area contributed by atoms with E-state index in [1.54, 1.807) is 18.2 Å². The van der Waals surface area contributed by atoms with E-state index in [0.29, 0.717) is 5.69 Å². The van der Waals surface area contributed by atoms with Crippen molar-refractivity contribution in [1.82, 2.24) is 0 Å². The fraction of sp³-hybridized carbons (Fsp3) is 0. The Morgan fingerprint density at radius 1 is 1.27 bits per heavy atom. The van der Waals surface area contributed by atoms with Gasteiger partial charge in [0.15, 0.2) is 0 Å². The molecule has 0 atom stereocenters. The summed E-state index contributed by atoms with van der Waals surface area (Å²) >= 11 is 0. The number of rotatable bonds is 3. The van der Waals surface area contributed by atoms with Gasteiger partial charge in [-0.05, 0) is 36.5 Å². The lowest BCUT2D eigenvalue weighted by Gasteiger charge is -1.95. The third-order valence-corrected chi connectivity index (χ3v) is 2.91. The molecule has 0 unspecified atom stereocenters. The Kier molecular flexibility index (Phi) is 3.88. The van der Waals surface area contributed by atoms with E-state index in [2.05, 4.69) is 4.99 Å².